The molecule has 20 heavy (non-hydrogen) atoms. The molecule has 0 atom stereocenters. The Morgan fingerprint density at radius 1 is 1.45 bits per heavy atom. The summed E-state index contributed by atoms with van der Waals surface area (Å²) < 4.78 is 5.34. The van der Waals surface area contributed by atoms with Gasteiger partial charge in [0.1, 0.15) is 5.01 Å². The van der Waals surface area contributed by atoms with E-state index in [0.717, 1.165) is 41.7 Å². The van der Waals surface area contributed by atoms with Gasteiger partial charge in [0, 0.05) is 25.4 Å². The van der Waals surface area contributed by atoms with Crippen molar-refractivity contribution in [1.82, 2.24) is 15.1 Å². The third kappa shape index (κ3) is 2.60. The van der Waals surface area contributed by atoms with Gasteiger partial charge in [-0.1, -0.05) is 18.3 Å². The summed E-state index contributed by atoms with van der Waals surface area (Å²) in [6.45, 7) is 3.56. The molecule has 5 nitrogen and oxygen atoms in total. The number of furan rings is 1. The maximum atomic E-state index is 11.7. The molecule has 2 aromatic rings. The number of likely N-dealkylation sites (tertiary alicyclic amines) is 1. The highest BCUT2D eigenvalue weighted by Gasteiger charge is 2.25. The van der Waals surface area contributed by atoms with E-state index in [4.69, 9.17) is 4.42 Å². The van der Waals surface area contributed by atoms with Gasteiger partial charge in [0.05, 0.1) is 6.26 Å². The molecule has 0 bridgehead atoms. The summed E-state index contributed by atoms with van der Waals surface area (Å²) in [4.78, 5) is 13.6. The van der Waals surface area contributed by atoms with Crippen LogP contribution in [0.4, 0.5) is 0 Å². The van der Waals surface area contributed by atoms with E-state index in [2.05, 4.69) is 10.2 Å². The Morgan fingerprint density at radius 3 is 2.90 bits per heavy atom. The number of piperidine rings is 1. The smallest absolute Gasteiger partial charge is 0.222 e. The van der Waals surface area contributed by atoms with E-state index in [-0.39, 0.29) is 5.91 Å². The number of nitrogens with zero attached hydrogens (tertiary/aromatic N) is 3. The molecule has 1 aliphatic rings. The standard InChI is InChI=1S/C14H17N3O2S/c1-2-12(18)17-7-5-10(6-8-17)13-15-16-14(20-13)11-4-3-9-19-11/h3-4,9-10H,2,5-8H2,1H3. The van der Waals surface area contributed by atoms with Crippen molar-refractivity contribution < 1.29 is 9.21 Å². The van der Waals surface area contributed by atoms with Crippen LogP contribution in [0.5, 0.6) is 0 Å². The molecular weight excluding hydrogens is 274 g/mol. The van der Waals surface area contributed by atoms with Crippen molar-refractivity contribution in [2.75, 3.05) is 13.1 Å². The van der Waals surface area contributed by atoms with E-state index in [0.29, 0.717) is 12.3 Å². The molecule has 1 amide bonds. The van der Waals surface area contributed by atoms with Crippen LogP contribution in [-0.2, 0) is 4.79 Å². The summed E-state index contributed by atoms with van der Waals surface area (Å²) in [5, 5.41) is 10.4. The van der Waals surface area contributed by atoms with Crippen LogP contribution in [0, 0.1) is 0 Å². The van der Waals surface area contributed by atoms with Crippen LogP contribution < -0.4 is 0 Å². The predicted molar refractivity (Wildman–Crippen MR) is 76.5 cm³/mol. The minimum absolute atomic E-state index is 0.247. The Bertz CT molecular complexity index is 571. The zero-order chi connectivity index (χ0) is 13.9. The fraction of sp³-hybridized carbons (Fsp3) is 0.500. The minimum atomic E-state index is 0.247. The first kappa shape index (κ1) is 13.3. The van der Waals surface area contributed by atoms with Gasteiger partial charge in [-0.2, -0.15) is 0 Å². The third-order valence-corrected chi connectivity index (χ3v) is 4.77. The highest BCUT2D eigenvalue weighted by molar-refractivity contribution is 7.14. The van der Waals surface area contributed by atoms with Crippen molar-refractivity contribution in [2.45, 2.75) is 32.1 Å². The van der Waals surface area contributed by atoms with Gasteiger partial charge in [-0.15, -0.1) is 10.2 Å². The monoisotopic (exact) mass is 291 g/mol. The second kappa shape index (κ2) is 5.75. The molecule has 0 spiro atoms. The Hall–Kier alpha value is -1.69. The van der Waals surface area contributed by atoms with E-state index in [1.807, 2.05) is 24.0 Å². The van der Waals surface area contributed by atoms with Crippen LogP contribution in [0.3, 0.4) is 0 Å². The molecule has 0 aromatic carbocycles. The van der Waals surface area contributed by atoms with E-state index < -0.39 is 0 Å². The second-order valence-electron chi connectivity index (χ2n) is 4.93. The third-order valence-electron chi connectivity index (χ3n) is 3.67. The molecule has 1 saturated heterocycles. The van der Waals surface area contributed by atoms with Crippen molar-refractivity contribution in [3.63, 3.8) is 0 Å². The van der Waals surface area contributed by atoms with Crippen molar-refractivity contribution >= 4 is 17.2 Å². The topological polar surface area (TPSA) is 59.2 Å². The van der Waals surface area contributed by atoms with E-state index in [9.17, 15) is 4.79 Å². The van der Waals surface area contributed by atoms with Gasteiger partial charge in [0.15, 0.2) is 10.8 Å². The zero-order valence-electron chi connectivity index (χ0n) is 11.4. The Morgan fingerprint density at radius 2 is 2.25 bits per heavy atom. The van der Waals surface area contributed by atoms with Crippen LogP contribution in [0.1, 0.15) is 37.1 Å². The van der Waals surface area contributed by atoms with Gasteiger partial charge in [0.2, 0.25) is 5.91 Å². The fourth-order valence-corrected chi connectivity index (χ4v) is 3.48. The lowest BCUT2D eigenvalue weighted by Crippen LogP contribution is -2.37. The zero-order valence-corrected chi connectivity index (χ0v) is 12.2. The average molecular weight is 291 g/mol. The molecule has 6 heteroatoms. The van der Waals surface area contributed by atoms with Crippen molar-refractivity contribution in [2.24, 2.45) is 0 Å². The van der Waals surface area contributed by atoms with Gasteiger partial charge < -0.3 is 9.32 Å². The van der Waals surface area contributed by atoms with Crippen molar-refractivity contribution in [3.8, 4) is 10.8 Å². The first-order valence-corrected chi connectivity index (χ1v) is 7.74. The largest absolute Gasteiger partial charge is 0.462 e. The quantitative estimate of drug-likeness (QED) is 0.872. The molecule has 3 heterocycles. The molecule has 1 fully saturated rings. The summed E-state index contributed by atoms with van der Waals surface area (Å²) >= 11 is 1.59. The second-order valence-corrected chi connectivity index (χ2v) is 5.94. The number of amides is 1. The van der Waals surface area contributed by atoms with E-state index in [1.54, 1.807) is 17.6 Å². The maximum absolute atomic E-state index is 11.7. The summed E-state index contributed by atoms with van der Waals surface area (Å²) in [5.74, 6) is 1.43. The number of carbonyl (C=O) groups is 1. The Kier molecular flexibility index (Phi) is 3.82. The van der Waals surface area contributed by atoms with Crippen LogP contribution in [0.15, 0.2) is 22.8 Å². The van der Waals surface area contributed by atoms with Gasteiger partial charge in [-0.05, 0) is 25.0 Å². The molecule has 3 rings (SSSR count). The molecule has 2 aromatic heterocycles. The maximum Gasteiger partial charge on any atom is 0.222 e. The number of hydrogen-bond acceptors (Lipinski definition) is 5. The minimum Gasteiger partial charge on any atom is -0.462 e. The van der Waals surface area contributed by atoms with Gasteiger partial charge in [-0.25, -0.2) is 0 Å². The number of carbonyl (C=O) groups excluding carboxylic acids is 1. The average Bonchev–Trinajstić information content (AvgIpc) is 3.17. The first-order valence-electron chi connectivity index (χ1n) is 6.93. The van der Waals surface area contributed by atoms with Crippen molar-refractivity contribution in [3.05, 3.63) is 23.4 Å². The number of aromatic nitrogens is 2. The predicted octanol–water partition coefficient (Wildman–Crippen LogP) is 2.91. The molecule has 0 radical (unpaired) electrons. The first-order chi connectivity index (χ1) is 9.78. The van der Waals surface area contributed by atoms with Crippen LogP contribution in [0.2, 0.25) is 0 Å². The molecule has 0 saturated carbocycles. The van der Waals surface area contributed by atoms with Gasteiger partial charge >= 0.3 is 0 Å². The highest BCUT2D eigenvalue weighted by Crippen LogP contribution is 2.33. The SMILES string of the molecule is CCC(=O)N1CCC(c2nnc(-c3ccco3)s2)CC1. The number of hydrogen-bond donors (Lipinski definition) is 0. The summed E-state index contributed by atoms with van der Waals surface area (Å²) in [6.07, 6.45) is 4.18. The van der Waals surface area contributed by atoms with Gasteiger partial charge in [0.25, 0.3) is 0 Å². The molecular formula is C14H17N3O2S. The molecule has 1 aliphatic heterocycles. The lowest BCUT2D eigenvalue weighted by atomic mass is 9.97. The van der Waals surface area contributed by atoms with Gasteiger partial charge in [-0.3, -0.25) is 4.79 Å². The highest BCUT2D eigenvalue weighted by atomic mass is 32.1. The van der Waals surface area contributed by atoms with E-state index >= 15 is 0 Å². The van der Waals surface area contributed by atoms with E-state index in [1.165, 1.54) is 0 Å². The summed E-state index contributed by atoms with van der Waals surface area (Å²) in [7, 11) is 0. The van der Waals surface area contributed by atoms with Crippen molar-refractivity contribution in [1.29, 1.82) is 0 Å². The fourth-order valence-electron chi connectivity index (χ4n) is 2.50. The van der Waals surface area contributed by atoms with Crippen LogP contribution in [0.25, 0.3) is 10.8 Å². The molecule has 0 N–H and O–H groups in total. The Labute approximate surface area is 121 Å². The van der Waals surface area contributed by atoms with Crippen LogP contribution in [-0.4, -0.2) is 34.1 Å². The molecule has 0 unspecified atom stereocenters. The summed E-state index contributed by atoms with van der Waals surface area (Å²) in [6, 6.07) is 3.75. The van der Waals surface area contributed by atoms with Crippen LogP contribution >= 0.6 is 11.3 Å². The number of rotatable bonds is 3. The molecule has 0 aliphatic carbocycles. The summed E-state index contributed by atoms with van der Waals surface area (Å²) in [5.41, 5.74) is 0. The normalized spacial score (nSPS) is 16.6. The lowest BCUT2D eigenvalue weighted by Gasteiger charge is -2.30. The molecule has 106 valence electrons. The lowest BCUT2D eigenvalue weighted by molar-refractivity contribution is -0.131. The Balaban J connectivity index is 1.65.